The number of rotatable bonds is 4. The normalized spacial score (nSPS) is 24.4. The first-order valence-electron chi connectivity index (χ1n) is 7.72. The summed E-state index contributed by atoms with van der Waals surface area (Å²) >= 11 is 0. The molecule has 2 aliphatic rings. The zero-order valence-electron chi connectivity index (χ0n) is 12.4. The molecule has 2 N–H and O–H groups in total. The van der Waals surface area contributed by atoms with E-state index >= 15 is 0 Å². The number of nitrogens with one attached hydrogen (secondary N) is 2. The van der Waals surface area contributed by atoms with E-state index in [-0.39, 0.29) is 5.91 Å². The van der Waals surface area contributed by atoms with Gasteiger partial charge in [0.05, 0.1) is 0 Å². The fourth-order valence-electron chi connectivity index (χ4n) is 3.04. The fraction of sp³-hybridized carbons (Fsp3) is 0.588. The summed E-state index contributed by atoms with van der Waals surface area (Å²) in [5.41, 5.74) is 2.16. The molecule has 0 bridgehead atoms. The Morgan fingerprint density at radius 3 is 2.70 bits per heavy atom. The maximum Gasteiger partial charge on any atom is 0.251 e. The number of carbonyl (C=O) groups excluding carboxylic acids is 1. The van der Waals surface area contributed by atoms with Crippen LogP contribution in [0.1, 0.15) is 56.3 Å². The molecule has 1 unspecified atom stereocenters. The molecule has 1 aromatic rings. The Hall–Kier alpha value is -1.51. The van der Waals surface area contributed by atoms with Crippen LogP contribution in [0.4, 0.5) is 5.69 Å². The molecule has 108 valence electrons. The summed E-state index contributed by atoms with van der Waals surface area (Å²) in [7, 11) is 0. The Kier molecular flexibility index (Phi) is 3.45. The molecular formula is C17H24N2O. The third-order valence-electron chi connectivity index (χ3n) is 4.64. The van der Waals surface area contributed by atoms with Crippen molar-refractivity contribution in [1.29, 1.82) is 0 Å². The smallest absolute Gasteiger partial charge is 0.251 e. The molecule has 2 fully saturated rings. The van der Waals surface area contributed by atoms with Crippen molar-refractivity contribution in [3.05, 3.63) is 29.8 Å². The van der Waals surface area contributed by atoms with Crippen LogP contribution in [0.3, 0.4) is 0 Å². The highest BCUT2D eigenvalue weighted by Gasteiger charge is 2.34. The van der Waals surface area contributed by atoms with Crippen molar-refractivity contribution >= 4 is 11.6 Å². The van der Waals surface area contributed by atoms with E-state index in [4.69, 9.17) is 0 Å². The van der Waals surface area contributed by atoms with E-state index in [1.165, 1.54) is 19.3 Å². The quantitative estimate of drug-likeness (QED) is 0.879. The Morgan fingerprint density at radius 1 is 1.25 bits per heavy atom. The van der Waals surface area contributed by atoms with Gasteiger partial charge in [-0.1, -0.05) is 26.3 Å². The van der Waals surface area contributed by atoms with Gasteiger partial charge in [0.1, 0.15) is 0 Å². The number of benzene rings is 1. The van der Waals surface area contributed by atoms with E-state index in [0.717, 1.165) is 24.1 Å². The van der Waals surface area contributed by atoms with E-state index in [9.17, 15) is 4.79 Å². The lowest BCUT2D eigenvalue weighted by Crippen LogP contribution is -2.31. The van der Waals surface area contributed by atoms with Crippen LogP contribution in [0.15, 0.2) is 24.3 Å². The molecular weight excluding hydrogens is 248 g/mol. The summed E-state index contributed by atoms with van der Waals surface area (Å²) in [6.45, 7) is 4.64. The number of amides is 1. The van der Waals surface area contributed by atoms with Crippen molar-refractivity contribution in [2.75, 3.05) is 5.32 Å². The molecule has 0 radical (unpaired) electrons. The minimum Gasteiger partial charge on any atom is -0.382 e. The number of hydrogen-bond donors (Lipinski definition) is 2. The SMILES string of the molecule is CC1(C)CCCC1Nc1cccc(C(=O)NC2CC2)c1. The number of anilines is 1. The van der Waals surface area contributed by atoms with Gasteiger partial charge in [-0.15, -0.1) is 0 Å². The third-order valence-corrected chi connectivity index (χ3v) is 4.64. The molecule has 0 heterocycles. The Bertz CT molecular complexity index is 505. The predicted octanol–water partition coefficient (Wildman–Crippen LogP) is 3.57. The van der Waals surface area contributed by atoms with E-state index in [1.807, 2.05) is 18.2 Å². The van der Waals surface area contributed by atoms with E-state index in [1.54, 1.807) is 0 Å². The van der Waals surface area contributed by atoms with Gasteiger partial charge in [-0.2, -0.15) is 0 Å². The van der Waals surface area contributed by atoms with Crippen LogP contribution in [-0.4, -0.2) is 18.0 Å². The third kappa shape index (κ3) is 2.97. The van der Waals surface area contributed by atoms with Gasteiger partial charge in [-0.05, 0) is 49.3 Å². The summed E-state index contributed by atoms with van der Waals surface area (Å²) < 4.78 is 0. The second-order valence-electron chi connectivity index (χ2n) is 6.91. The van der Waals surface area contributed by atoms with Gasteiger partial charge in [-0.3, -0.25) is 4.79 Å². The number of carbonyl (C=O) groups is 1. The summed E-state index contributed by atoms with van der Waals surface area (Å²) in [4.78, 5) is 12.1. The number of hydrogen-bond acceptors (Lipinski definition) is 2. The fourth-order valence-corrected chi connectivity index (χ4v) is 3.04. The van der Waals surface area contributed by atoms with Crippen LogP contribution in [0, 0.1) is 5.41 Å². The van der Waals surface area contributed by atoms with Crippen molar-refractivity contribution in [2.24, 2.45) is 5.41 Å². The van der Waals surface area contributed by atoms with Crippen LogP contribution in [0.2, 0.25) is 0 Å². The van der Waals surface area contributed by atoms with Gasteiger partial charge in [0.2, 0.25) is 0 Å². The van der Waals surface area contributed by atoms with Gasteiger partial charge in [0.25, 0.3) is 5.91 Å². The van der Waals surface area contributed by atoms with Gasteiger partial charge < -0.3 is 10.6 Å². The molecule has 0 spiro atoms. The van der Waals surface area contributed by atoms with Gasteiger partial charge in [0.15, 0.2) is 0 Å². The summed E-state index contributed by atoms with van der Waals surface area (Å²) in [5, 5.41) is 6.66. The molecule has 3 heteroatoms. The van der Waals surface area contributed by atoms with Gasteiger partial charge in [-0.25, -0.2) is 0 Å². The van der Waals surface area contributed by atoms with Gasteiger partial charge >= 0.3 is 0 Å². The Balaban J connectivity index is 1.69. The van der Waals surface area contributed by atoms with Crippen LogP contribution < -0.4 is 10.6 Å². The maximum atomic E-state index is 12.1. The highest BCUT2D eigenvalue weighted by atomic mass is 16.1. The van der Waals surface area contributed by atoms with Crippen LogP contribution in [0.25, 0.3) is 0 Å². The lowest BCUT2D eigenvalue weighted by Gasteiger charge is -2.28. The van der Waals surface area contributed by atoms with Crippen LogP contribution >= 0.6 is 0 Å². The highest BCUT2D eigenvalue weighted by Crippen LogP contribution is 2.39. The lowest BCUT2D eigenvalue weighted by atomic mass is 9.87. The zero-order chi connectivity index (χ0) is 14.2. The molecule has 3 rings (SSSR count). The highest BCUT2D eigenvalue weighted by molar-refractivity contribution is 5.95. The molecule has 1 atom stereocenters. The Labute approximate surface area is 121 Å². The first-order chi connectivity index (χ1) is 9.54. The molecule has 20 heavy (non-hydrogen) atoms. The molecule has 2 saturated carbocycles. The molecule has 0 aliphatic heterocycles. The van der Waals surface area contributed by atoms with Crippen molar-refractivity contribution in [1.82, 2.24) is 5.32 Å². The Morgan fingerprint density at radius 2 is 2.05 bits per heavy atom. The standard InChI is InChI=1S/C17H24N2O/c1-17(2)10-4-7-15(17)18-14-6-3-5-12(11-14)16(20)19-13-8-9-13/h3,5-6,11,13,15,18H,4,7-10H2,1-2H3,(H,19,20). The molecule has 0 aromatic heterocycles. The predicted molar refractivity (Wildman–Crippen MR) is 82.0 cm³/mol. The average molecular weight is 272 g/mol. The lowest BCUT2D eigenvalue weighted by molar-refractivity contribution is 0.0951. The minimum atomic E-state index is 0.0573. The van der Waals surface area contributed by atoms with Gasteiger partial charge in [0, 0.05) is 23.3 Å². The summed E-state index contributed by atoms with van der Waals surface area (Å²) in [5.74, 6) is 0.0573. The topological polar surface area (TPSA) is 41.1 Å². The average Bonchev–Trinajstić information content (AvgIpc) is 3.15. The second-order valence-corrected chi connectivity index (χ2v) is 6.91. The second kappa shape index (κ2) is 5.12. The molecule has 0 saturated heterocycles. The van der Waals surface area contributed by atoms with Crippen molar-refractivity contribution in [3.8, 4) is 0 Å². The van der Waals surface area contributed by atoms with E-state index in [0.29, 0.717) is 17.5 Å². The first-order valence-corrected chi connectivity index (χ1v) is 7.72. The zero-order valence-corrected chi connectivity index (χ0v) is 12.4. The van der Waals surface area contributed by atoms with Crippen molar-refractivity contribution < 1.29 is 4.79 Å². The molecule has 3 nitrogen and oxygen atoms in total. The van der Waals surface area contributed by atoms with Crippen molar-refractivity contribution in [3.63, 3.8) is 0 Å². The largest absolute Gasteiger partial charge is 0.382 e. The molecule has 2 aliphatic carbocycles. The van der Waals surface area contributed by atoms with Crippen LogP contribution in [0.5, 0.6) is 0 Å². The molecule has 1 aromatic carbocycles. The summed E-state index contributed by atoms with van der Waals surface area (Å²) in [6.07, 6.45) is 6.02. The minimum absolute atomic E-state index is 0.0573. The van der Waals surface area contributed by atoms with E-state index in [2.05, 4.69) is 30.5 Å². The maximum absolute atomic E-state index is 12.1. The first kappa shape index (κ1) is 13.5. The van der Waals surface area contributed by atoms with Crippen LogP contribution in [-0.2, 0) is 0 Å². The monoisotopic (exact) mass is 272 g/mol. The summed E-state index contributed by atoms with van der Waals surface area (Å²) in [6, 6.07) is 8.81. The van der Waals surface area contributed by atoms with E-state index < -0.39 is 0 Å². The molecule has 1 amide bonds. The van der Waals surface area contributed by atoms with Crippen molar-refractivity contribution in [2.45, 2.75) is 58.0 Å².